The molecule has 0 radical (unpaired) electrons. The SMILES string of the molecule is O=C(C[C@H]1CC[C@H]2[C@@H](COC[C@@H](O)CN2Cc2ccc(Oc3ccccc3)cc2)O1)N1CCc2ccccc2C1.[HH]. The number of fused-ring (bicyclic) bond motifs is 2. The summed E-state index contributed by atoms with van der Waals surface area (Å²) in [6.45, 7) is 3.36. The van der Waals surface area contributed by atoms with Gasteiger partial charge in [-0.05, 0) is 60.2 Å². The number of amides is 1. The molecule has 0 spiro atoms. The zero-order chi connectivity index (χ0) is 27.3. The number of aliphatic hydroxyl groups excluding tert-OH is 1. The molecule has 3 heterocycles. The summed E-state index contributed by atoms with van der Waals surface area (Å²) in [5, 5.41) is 10.6. The standard InChI is InChI=1S/C33H38N2O5.H2/c36-27-21-35(19-24-10-12-29(13-11-24)39-28-8-2-1-3-9-28)31-15-14-30(40-32(31)23-38-22-27)18-33(37)34-17-16-25-6-4-5-7-26(25)20-34;/h1-13,27,30-32,36H,14-23H2;1H/t27-,30+,31-,32+;/m0./s1. The van der Waals surface area contributed by atoms with Crippen LogP contribution in [0.3, 0.4) is 0 Å². The number of carbonyl (C=O) groups is 1. The van der Waals surface area contributed by atoms with E-state index in [9.17, 15) is 9.90 Å². The van der Waals surface area contributed by atoms with Crippen molar-refractivity contribution in [2.45, 2.75) is 63.1 Å². The fraction of sp³-hybridized carbons (Fsp3) is 0.424. The first-order valence-electron chi connectivity index (χ1n) is 14.4. The molecule has 40 heavy (non-hydrogen) atoms. The molecule has 0 saturated carbocycles. The molecule has 3 aliphatic heterocycles. The Morgan fingerprint density at radius 2 is 1.68 bits per heavy atom. The summed E-state index contributed by atoms with van der Waals surface area (Å²) in [4.78, 5) is 17.5. The van der Waals surface area contributed by atoms with Crippen molar-refractivity contribution < 1.29 is 25.5 Å². The lowest BCUT2D eigenvalue weighted by atomic mass is 9.93. The second kappa shape index (κ2) is 12.5. The van der Waals surface area contributed by atoms with Crippen molar-refractivity contribution in [3.63, 3.8) is 0 Å². The van der Waals surface area contributed by atoms with E-state index in [1.54, 1.807) is 0 Å². The van der Waals surface area contributed by atoms with Crippen LogP contribution in [0, 0.1) is 0 Å². The van der Waals surface area contributed by atoms with Crippen molar-refractivity contribution >= 4 is 5.91 Å². The first-order valence-corrected chi connectivity index (χ1v) is 14.4. The normalized spacial score (nSPS) is 25.3. The average molecular weight is 545 g/mol. The van der Waals surface area contributed by atoms with Crippen LogP contribution in [0.4, 0.5) is 0 Å². The molecule has 2 fully saturated rings. The highest BCUT2D eigenvalue weighted by Gasteiger charge is 2.38. The number of aliphatic hydroxyl groups is 1. The van der Waals surface area contributed by atoms with Crippen LogP contribution in [-0.2, 0) is 33.8 Å². The zero-order valence-corrected chi connectivity index (χ0v) is 22.9. The van der Waals surface area contributed by atoms with Crippen LogP contribution in [0.1, 0.15) is 37.4 Å². The maximum absolute atomic E-state index is 13.2. The van der Waals surface area contributed by atoms with E-state index in [2.05, 4.69) is 35.2 Å². The third-order valence-electron chi connectivity index (χ3n) is 8.26. The van der Waals surface area contributed by atoms with Gasteiger partial charge in [0.05, 0.1) is 37.9 Å². The number of hydrogen-bond acceptors (Lipinski definition) is 6. The Balaban J connectivity index is 0.00000337. The number of carbonyl (C=O) groups excluding carboxylic acids is 1. The van der Waals surface area contributed by atoms with Crippen LogP contribution in [0.15, 0.2) is 78.9 Å². The quantitative estimate of drug-likeness (QED) is 0.480. The highest BCUT2D eigenvalue weighted by molar-refractivity contribution is 5.77. The maximum Gasteiger partial charge on any atom is 0.225 e. The minimum absolute atomic E-state index is 0. The van der Waals surface area contributed by atoms with Gasteiger partial charge >= 0.3 is 0 Å². The van der Waals surface area contributed by atoms with E-state index in [4.69, 9.17) is 14.2 Å². The van der Waals surface area contributed by atoms with E-state index in [1.165, 1.54) is 11.1 Å². The van der Waals surface area contributed by atoms with Crippen LogP contribution in [-0.4, -0.2) is 71.5 Å². The van der Waals surface area contributed by atoms with Gasteiger partial charge in [-0.25, -0.2) is 0 Å². The van der Waals surface area contributed by atoms with E-state index >= 15 is 0 Å². The Kier molecular flexibility index (Phi) is 8.44. The molecule has 3 aromatic carbocycles. The van der Waals surface area contributed by atoms with Crippen molar-refractivity contribution in [2.24, 2.45) is 0 Å². The molecular formula is C33H40N2O5. The summed E-state index contributed by atoms with van der Waals surface area (Å²) in [6.07, 6.45) is 2.21. The molecule has 1 N–H and O–H groups in total. The van der Waals surface area contributed by atoms with Crippen molar-refractivity contribution in [1.29, 1.82) is 0 Å². The smallest absolute Gasteiger partial charge is 0.225 e. The summed E-state index contributed by atoms with van der Waals surface area (Å²) in [5.41, 5.74) is 3.74. The van der Waals surface area contributed by atoms with Crippen LogP contribution < -0.4 is 4.74 Å². The maximum atomic E-state index is 13.2. The second-order valence-electron chi connectivity index (χ2n) is 11.2. The highest BCUT2D eigenvalue weighted by Crippen LogP contribution is 2.30. The van der Waals surface area contributed by atoms with Gasteiger partial charge in [0.15, 0.2) is 0 Å². The molecule has 3 aromatic rings. The van der Waals surface area contributed by atoms with Crippen LogP contribution in [0.5, 0.6) is 11.5 Å². The van der Waals surface area contributed by atoms with Crippen molar-refractivity contribution in [3.05, 3.63) is 95.6 Å². The van der Waals surface area contributed by atoms with Crippen LogP contribution in [0.25, 0.3) is 0 Å². The molecule has 0 bridgehead atoms. The molecule has 2 saturated heterocycles. The van der Waals surface area contributed by atoms with E-state index in [1.807, 2.05) is 53.4 Å². The number of β-amino-alcohol motifs (C(OH)–C–C–N with tert-alkyl or cyclic N) is 1. The number of benzene rings is 3. The first-order chi connectivity index (χ1) is 19.6. The summed E-state index contributed by atoms with van der Waals surface area (Å²) in [5.74, 6) is 1.76. The van der Waals surface area contributed by atoms with Gasteiger partial charge in [-0.2, -0.15) is 0 Å². The Hall–Kier alpha value is -3.23. The highest BCUT2D eigenvalue weighted by atomic mass is 16.5. The Bertz CT molecular complexity index is 1270. The minimum Gasteiger partial charge on any atom is -0.457 e. The summed E-state index contributed by atoms with van der Waals surface area (Å²) in [7, 11) is 0. The van der Waals surface area contributed by atoms with Gasteiger partial charge in [0.2, 0.25) is 5.91 Å². The monoisotopic (exact) mass is 544 g/mol. The Morgan fingerprint density at radius 1 is 0.925 bits per heavy atom. The molecule has 212 valence electrons. The zero-order valence-electron chi connectivity index (χ0n) is 22.9. The molecule has 7 heteroatoms. The van der Waals surface area contributed by atoms with Gasteiger partial charge in [-0.15, -0.1) is 0 Å². The van der Waals surface area contributed by atoms with Crippen molar-refractivity contribution in [2.75, 3.05) is 26.3 Å². The summed E-state index contributed by atoms with van der Waals surface area (Å²) < 4.78 is 18.3. The number of rotatable bonds is 6. The molecule has 7 nitrogen and oxygen atoms in total. The molecule has 0 aromatic heterocycles. The predicted molar refractivity (Wildman–Crippen MR) is 154 cm³/mol. The molecule has 6 rings (SSSR count). The van der Waals surface area contributed by atoms with Gasteiger partial charge < -0.3 is 24.2 Å². The summed E-state index contributed by atoms with van der Waals surface area (Å²) in [6, 6.07) is 26.4. The lowest BCUT2D eigenvalue weighted by Gasteiger charge is -2.44. The number of ether oxygens (including phenoxy) is 3. The molecule has 1 amide bonds. The number of hydrogen-bond donors (Lipinski definition) is 1. The minimum atomic E-state index is -0.553. The van der Waals surface area contributed by atoms with Gasteiger partial charge in [0.1, 0.15) is 11.5 Å². The molecule has 4 atom stereocenters. The lowest BCUT2D eigenvalue weighted by Crippen LogP contribution is -2.55. The van der Waals surface area contributed by atoms with Crippen molar-refractivity contribution in [1.82, 2.24) is 9.80 Å². The third kappa shape index (κ3) is 6.56. The first kappa shape index (κ1) is 27.0. The third-order valence-corrected chi connectivity index (χ3v) is 8.26. The molecular weight excluding hydrogens is 504 g/mol. The van der Waals surface area contributed by atoms with Gasteiger partial charge in [-0.1, -0.05) is 54.6 Å². The van der Waals surface area contributed by atoms with E-state index in [-0.39, 0.29) is 32.2 Å². The van der Waals surface area contributed by atoms with E-state index < -0.39 is 6.10 Å². The number of nitrogens with zero attached hydrogens (tertiary/aromatic N) is 2. The second-order valence-corrected chi connectivity index (χ2v) is 11.2. The number of para-hydroxylation sites is 1. The molecule has 0 aliphatic carbocycles. The van der Waals surface area contributed by atoms with E-state index in [0.717, 1.165) is 42.9 Å². The van der Waals surface area contributed by atoms with Crippen LogP contribution >= 0.6 is 0 Å². The Labute approximate surface area is 237 Å². The lowest BCUT2D eigenvalue weighted by molar-refractivity contribution is -0.161. The average Bonchev–Trinajstić information content (AvgIpc) is 2.97. The molecule has 3 aliphatic rings. The van der Waals surface area contributed by atoms with Crippen LogP contribution in [0.2, 0.25) is 0 Å². The van der Waals surface area contributed by atoms with Crippen molar-refractivity contribution in [3.8, 4) is 11.5 Å². The van der Waals surface area contributed by atoms with Gasteiger partial charge in [0.25, 0.3) is 0 Å². The predicted octanol–water partition coefficient (Wildman–Crippen LogP) is 4.81. The topological polar surface area (TPSA) is 71.5 Å². The van der Waals surface area contributed by atoms with Gasteiger partial charge in [0, 0.05) is 33.6 Å². The fourth-order valence-electron chi connectivity index (χ4n) is 6.18. The largest absolute Gasteiger partial charge is 0.457 e. The fourth-order valence-corrected chi connectivity index (χ4v) is 6.18. The Morgan fingerprint density at radius 3 is 2.50 bits per heavy atom. The molecule has 0 unspecified atom stereocenters. The van der Waals surface area contributed by atoms with E-state index in [0.29, 0.717) is 32.7 Å². The summed E-state index contributed by atoms with van der Waals surface area (Å²) >= 11 is 0. The van der Waals surface area contributed by atoms with Gasteiger partial charge in [-0.3, -0.25) is 9.69 Å².